The topological polar surface area (TPSA) is 111 Å². The van der Waals surface area contributed by atoms with Crippen LogP contribution in [0.1, 0.15) is 49.2 Å². The number of nitrogens with one attached hydrogen (secondary N) is 2. The van der Waals surface area contributed by atoms with Crippen LogP contribution in [0, 0.1) is 0 Å². The van der Waals surface area contributed by atoms with Gasteiger partial charge in [-0.1, -0.05) is 24.6 Å². The van der Waals surface area contributed by atoms with Crippen LogP contribution in [-0.4, -0.2) is 33.2 Å². The van der Waals surface area contributed by atoms with Crippen molar-refractivity contribution in [2.45, 2.75) is 50.8 Å². The van der Waals surface area contributed by atoms with Crippen LogP contribution < -0.4 is 10.0 Å². The lowest BCUT2D eigenvalue weighted by Crippen LogP contribution is -2.28. The number of amides is 1. The summed E-state index contributed by atoms with van der Waals surface area (Å²) < 4.78 is 78.7. The second kappa shape index (κ2) is 10.3. The Morgan fingerprint density at radius 1 is 1.06 bits per heavy atom. The second-order valence-corrected chi connectivity index (χ2v) is 10.3. The summed E-state index contributed by atoms with van der Waals surface area (Å²) in [4.78, 5) is 23.8. The first-order chi connectivity index (χ1) is 16.0. The lowest BCUT2D eigenvalue weighted by atomic mass is 10.1. The van der Waals surface area contributed by atoms with E-state index in [-0.39, 0.29) is 28.1 Å². The minimum Gasteiger partial charge on any atom is -0.465 e. The number of halogens is 4. The zero-order valence-corrected chi connectivity index (χ0v) is 21.0. The Morgan fingerprint density at radius 2 is 1.69 bits per heavy atom. The standard InChI is InChI=1S/C22H24ClF3N2O6S/c1-6-12-7-8-13(19(29)33-5)9-18(12)35(31,32)28-17-10-14(22(24,25)26)15(23)11-16(17)27-20(30)34-21(2,3)4/h7-11,28H,6H2,1-5H3,(H,27,30). The largest absolute Gasteiger partial charge is 0.465 e. The second-order valence-electron chi connectivity index (χ2n) is 8.28. The van der Waals surface area contributed by atoms with Gasteiger partial charge in [0.1, 0.15) is 5.60 Å². The number of benzene rings is 2. The zero-order chi connectivity index (χ0) is 26.8. The van der Waals surface area contributed by atoms with Gasteiger partial charge < -0.3 is 9.47 Å². The molecule has 2 aromatic rings. The van der Waals surface area contributed by atoms with Crippen LogP contribution in [0.2, 0.25) is 5.02 Å². The van der Waals surface area contributed by atoms with E-state index in [2.05, 4.69) is 14.8 Å². The first-order valence-electron chi connectivity index (χ1n) is 10.1. The Balaban J connectivity index is 2.63. The third-order valence-electron chi connectivity index (χ3n) is 4.45. The quantitative estimate of drug-likeness (QED) is 0.448. The molecule has 2 N–H and O–H groups in total. The molecule has 0 spiro atoms. The van der Waals surface area contributed by atoms with E-state index in [1.807, 2.05) is 0 Å². The fourth-order valence-corrected chi connectivity index (χ4v) is 4.61. The molecule has 0 bridgehead atoms. The summed E-state index contributed by atoms with van der Waals surface area (Å²) >= 11 is 5.77. The maximum absolute atomic E-state index is 13.5. The third kappa shape index (κ3) is 7.25. The number of alkyl halides is 3. The number of carbonyl (C=O) groups excluding carboxylic acids is 2. The van der Waals surface area contributed by atoms with Gasteiger partial charge in [-0.3, -0.25) is 10.0 Å². The molecule has 0 aliphatic heterocycles. The van der Waals surface area contributed by atoms with Crippen LogP contribution in [-0.2, 0) is 32.1 Å². The predicted molar refractivity (Wildman–Crippen MR) is 124 cm³/mol. The molecule has 0 saturated carbocycles. The van der Waals surface area contributed by atoms with E-state index in [4.69, 9.17) is 16.3 Å². The lowest BCUT2D eigenvalue weighted by molar-refractivity contribution is -0.137. The van der Waals surface area contributed by atoms with E-state index in [0.717, 1.165) is 19.2 Å². The Kier molecular flexibility index (Phi) is 8.33. The van der Waals surface area contributed by atoms with Crippen molar-refractivity contribution in [1.82, 2.24) is 0 Å². The van der Waals surface area contributed by atoms with E-state index in [1.165, 1.54) is 12.1 Å². The molecule has 2 aromatic carbocycles. The van der Waals surface area contributed by atoms with Crippen molar-refractivity contribution in [2.24, 2.45) is 0 Å². The molecule has 0 fully saturated rings. The molecule has 0 unspecified atom stereocenters. The summed E-state index contributed by atoms with van der Waals surface area (Å²) in [5, 5.41) is 1.44. The number of sulfonamides is 1. The van der Waals surface area contributed by atoms with Crippen molar-refractivity contribution in [3.63, 3.8) is 0 Å². The Morgan fingerprint density at radius 3 is 2.20 bits per heavy atom. The fourth-order valence-electron chi connectivity index (χ4n) is 2.93. The number of esters is 1. The average Bonchev–Trinajstić information content (AvgIpc) is 2.72. The molecule has 8 nitrogen and oxygen atoms in total. The summed E-state index contributed by atoms with van der Waals surface area (Å²) in [6.07, 6.45) is -5.73. The highest BCUT2D eigenvalue weighted by molar-refractivity contribution is 7.92. The molecule has 0 aliphatic carbocycles. The Bertz CT molecular complexity index is 1240. The van der Waals surface area contributed by atoms with Gasteiger partial charge in [0.05, 0.1) is 39.5 Å². The van der Waals surface area contributed by atoms with Crippen molar-refractivity contribution in [3.05, 3.63) is 52.0 Å². The first-order valence-corrected chi connectivity index (χ1v) is 12.0. The van der Waals surface area contributed by atoms with Gasteiger partial charge in [-0.2, -0.15) is 13.2 Å². The summed E-state index contributed by atoms with van der Waals surface area (Å²) in [7, 11) is -3.43. The minimum atomic E-state index is -4.92. The molecule has 2 rings (SSSR count). The maximum Gasteiger partial charge on any atom is 0.417 e. The first kappa shape index (κ1) is 28.2. The monoisotopic (exact) mass is 536 g/mol. The van der Waals surface area contributed by atoms with Gasteiger partial charge in [-0.15, -0.1) is 0 Å². The molecule has 13 heteroatoms. The smallest absolute Gasteiger partial charge is 0.417 e. The van der Waals surface area contributed by atoms with Gasteiger partial charge in [0.15, 0.2) is 0 Å². The zero-order valence-electron chi connectivity index (χ0n) is 19.5. The highest BCUT2D eigenvalue weighted by Gasteiger charge is 2.35. The molecule has 0 saturated heterocycles. The molecule has 0 atom stereocenters. The lowest BCUT2D eigenvalue weighted by Gasteiger charge is -2.22. The summed E-state index contributed by atoms with van der Waals surface area (Å²) in [5.41, 5.74) is -3.04. The molecule has 0 heterocycles. The van der Waals surface area contributed by atoms with Crippen molar-refractivity contribution in [3.8, 4) is 0 Å². The van der Waals surface area contributed by atoms with Gasteiger partial charge in [0.2, 0.25) is 0 Å². The van der Waals surface area contributed by atoms with Crippen molar-refractivity contribution < 1.29 is 40.7 Å². The third-order valence-corrected chi connectivity index (χ3v) is 6.21. The van der Waals surface area contributed by atoms with Crippen LogP contribution in [0.25, 0.3) is 0 Å². The SMILES string of the molecule is CCc1ccc(C(=O)OC)cc1S(=O)(=O)Nc1cc(C(F)(F)F)c(Cl)cc1NC(=O)OC(C)(C)C. The van der Waals surface area contributed by atoms with Gasteiger partial charge in [0.25, 0.3) is 10.0 Å². The molecule has 0 aliphatic rings. The molecule has 192 valence electrons. The number of carbonyl (C=O) groups is 2. The number of anilines is 2. The molecule has 0 aromatic heterocycles. The number of rotatable bonds is 6. The van der Waals surface area contributed by atoms with Crippen LogP contribution in [0.15, 0.2) is 35.2 Å². The molecule has 0 radical (unpaired) electrons. The van der Waals surface area contributed by atoms with E-state index in [9.17, 15) is 31.2 Å². The molecular weight excluding hydrogens is 513 g/mol. The number of ether oxygens (including phenoxy) is 2. The van der Waals surface area contributed by atoms with Crippen LogP contribution in [0.4, 0.5) is 29.3 Å². The van der Waals surface area contributed by atoms with Crippen LogP contribution >= 0.6 is 11.6 Å². The summed E-state index contributed by atoms with van der Waals surface area (Å²) in [6.45, 7) is 6.36. The molecule has 1 amide bonds. The normalized spacial score (nSPS) is 12.1. The summed E-state index contributed by atoms with van der Waals surface area (Å²) in [6, 6.07) is 5.03. The van der Waals surface area contributed by atoms with E-state index < -0.39 is 50.1 Å². The molecular formula is C22H24ClF3N2O6S. The number of hydrogen-bond donors (Lipinski definition) is 2. The van der Waals surface area contributed by atoms with Crippen molar-refractivity contribution >= 4 is 45.1 Å². The van der Waals surface area contributed by atoms with E-state index >= 15 is 0 Å². The summed E-state index contributed by atoms with van der Waals surface area (Å²) in [5.74, 6) is -0.803. The van der Waals surface area contributed by atoms with Crippen LogP contribution in [0.3, 0.4) is 0 Å². The van der Waals surface area contributed by atoms with Crippen molar-refractivity contribution in [1.29, 1.82) is 0 Å². The maximum atomic E-state index is 13.5. The van der Waals surface area contributed by atoms with Gasteiger partial charge >= 0.3 is 18.2 Å². The average molecular weight is 537 g/mol. The van der Waals surface area contributed by atoms with Gasteiger partial charge in [0, 0.05) is 0 Å². The van der Waals surface area contributed by atoms with E-state index in [1.54, 1.807) is 27.7 Å². The molecule has 35 heavy (non-hydrogen) atoms. The Hall–Kier alpha value is -2.99. The fraction of sp³-hybridized carbons (Fsp3) is 0.364. The van der Waals surface area contributed by atoms with Gasteiger partial charge in [-0.05, 0) is 57.0 Å². The Labute approximate surface area is 205 Å². The van der Waals surface area contributed by atoms with Crippen LogP contribution in [0.5, 0.6) is 0 Å². The number of hydrogen-bond acceptors (Lipinski definition) is 6. The number of aryl methyl sites for hydroxylation is 1. The van der Waals surface area contributed by atoms with Gasteiger partial charge in [-0.25, -0.2) is 18.0 Å². The van der Waals surface area contributed by atoms with Crippen molar-refractivity contribution in [2.75, 3.05) is 17.1 Å². The number of methoxy groups -OCH3 is 1. The highest BCUT2D eigenvalue weighted by Crippen LogP contribution is 2.40. The minimum absolute atomic E-state index is 0.0794. The highest BCUT2D eigenvalue weighted by atomic mass is 35.5. The van der Waals surface area contributed by atoms with E-state index in [0.29, 0.717) is 6.07 Å². The predicted octanol–water partition coefficient (Wildman–Crippen LogP) is 5.86.